The van der Waals surface area contributed by atoms with Crippen molar-refractivity contribution in [1.29, 1.82) is 0 Å². The second-order valence-corrected chi connectivity index (χ2v) is 23.8. The van der Waals surface area contributed by atoms with Crippen molar-refractivity contribution in [3.05, 3.63) is 128 Å². The number of hydrogen-bond donors (Lipinski definition) is 2. The van der Waals surface area contributed by atoms with Crippen LogP contribution in [0.3, 0.4) is 0 Å². The van der Waals surface area contributed by atoms with Crippen LogP contribution in [0.2, 0.25) is 0 Å². The molecule has 0 aliphatic heterocycles. The lowest BCUT2D eigenvalue weighted by molar-refractivity contribution is 0.183. The number of allylic oxidation sites excluding steroid dienone is 20. The van der Waals surface area contributed by atoms with Gasteiger partial charge in [0.05, 0.1) is 14.2 Å². The summed E-state index contributed by atoms with van der Waals surface area (Å²) in [5.74, 6) is 0.747. The zero-order valence-corrected chi connectivity index (χ0v) is 52.0. The number of ether oxygens (including phenoxy) is 4. The van der Waals surface area contributed by atoms with E-state index in [2.05, 4.69) is 148 Å². The van der Waals surface area contributed by atoms with E-state index in [1.54, 1.807) is 0 Å². The molecule has 0 heterocycles. The normalized spacial score (nSPS) is 14.0. The first-order chi connectivity index (χ1) is 35.6. The second-order valence-electron chi connectivity index (χ2n) is 23.8. The predicted molar refractivity (Wildman–Crippen MR) is 328 cm³/mol. The van der Waals surface area contributed by atoms with Gasteiger partial charge in [-0.1, -0.05) is 116 Å². The number of benzene rings is 1. The molecule has 1 aromatic carbocycles. The highest BCUT2D eigenvalue weighted by Gasteiger charge is 2.30. The molecule has 0 radical (unpaired) electrons. The molecule has 2 amide bonds. The lowest BCUT2D eigenvalue weighted by Gasteiger charge is -2.25. The molecule has 426 valence electrons. The van der Waals surface area contributed by atoms with Crippen molar-refractivity contribution in [3.8, 4) is 23.0 Å². The summed E-state index contributed by atoms with van der Waals surface area (Å²) < 4.78 is 23.3. The summed E-state index contributed by atoms with van der Waals surface area (Å²) in [4.78, 5) is 26.1. The molecule has 8 nitrogen and oxygen atoms in total. The van der Waals surface area contributed by atoms with Crippen LogP contribution in [-0.2, 0) is 6.42 Å². The van der Waals surface area contributed by atoms with Crippen LogP contribution in [0.4, 0.5) is 9.59 Å². The first kappa shape index (κ1) is 68.8. The minimum absolute atomic E-state index is 0.161. The highest BCUT2D eigenvalue weighted by molar-refractivity contribution is 5.79. The van der Waals surface area contributed by atoms with Crippen molar-refractivity contribution >= 4 is 12.2 Å². The van der Waals surface area contributed by atoms with E-state index in [9.17, 15) is 9.59 Å². The Labute approximate surface area is 465 Å². The molecule has 0 saturated heterocycles. The number of rotatable bonds is 32. The number of methoxy groups -OCH3 is 2. The zero-order chi connectivity index (χ0) is 57.4. The van der Waals surface area contributed by atoms with E-state index in [4.69, 9.17) is 18.9 Å². The van der Waals surface area contributed by atoms with Crippen molar-refractivity contribution in [2.75, 3.05) is 14.2 Å². The minimum Gasteiger partial charge on any atom is -0.490 e. The van der Waals surface area contributed by atoms with E-state index in [1.807, 2.05) is 48.5 Å². The summed E-state index contributed by atoms with van der Waals surface area (Å²) in [5, 5.41) is 5.69. The van der Waals surface area contributed by atoms with Crippen LogP contribution >= 0.6 is 0 Å². The summed E-state index contributed by atoms with van der Waals surface area (Å²) in [5.41, 5.74) is 14.6. The Balaban J connectivity index is 2.66. The van der Waals surface area contributed by atoms with Crippen molar-refractivity contribution in [3.63, 3.8) is 0 Å². The fraction of sp³-hybridized carbons (Fsp3) is 0.588. The lowest BCUT2D eigenvalue weighted by Crippen LogP contribution is -2.42. The fourth-order valence-corrected chi connectivity index (χ4v) is 8.44. The molecule has 2 N–H and O–H groups in total. The lowest BCUT2D eigenvalue weighted by atomic mass is 9.99. The van der Waals surface area contributed by atoms with Gasteiger partial charge in [0.2, 0.25) is 11.5 Å². The van der Waals surface area contributed by atoms with Crippen molar-refractivity contribution in [2.45, 2.75) is 251 Å². The van der Waals surface area contributed by atoms with Gasteiger partial charge in [-0.25, -0.2) is 9.59 Å². The van der Waals surface area contributed by atoms with E-state index in [-0.39, 0.29) is 23.0 Å². The largest absolute Gasteiger partial charge is 0.490 e. The summed E-state index contributed by atoms with van der Waals surface area (Å²) in [6.45, 7) is 37.7. The molecule has 0 spiro atoms. The van der Waals surface area contributed by atoms with Gasteiger partial charge < -0.3 is 29.6 Å². The highest BCUT2D eigenvalue weighted by atomic mass is 16.6. The van der Waals surface area contributed by atoms with E-state index >= 15 is 0 Å². The molecule has 0 unspecified atom stereocenters. The molecule has 8 heteroatoms. The summed E-state index contributed by atoms with van der Waals surface area (Å²) in [7, 11) is 2.93. The Morgan fingerprint density at radius 3 is 0.974 bits per heavy atom. The van der Waals surface area contributed by atoms with Crippen LogP contribution in [0, 0.1) is 6.92 Å². The molecule has 1 rings (SSSR count). The van der Waals surface area contributed by atoms with Gasteiger partial charge in [-0.2, -0.15) is 0 Å². The van der Waals surface area contributed by atoms with E-state index in [0.717, 1.165) is 96.3 Å². The highest BCUT2D eigenvalue weighted by Crippen LogP contribution is 2.50. The topological polar surface area (TPSA) is 95.1 Å². The van der Waals surface area contributed by atoms with Crippen LogP contribution in [0.25, 0.3) is 0 Å². The maximum absolute atomic E-state index is 13.1. The average molecular weight is 1050 g/mol. The third kappa shape index (κ3) is 32.4. The Hall–Kier alpha value is -5.24. The third-order valence-corrected chi connectivity index (χ3v) is 13.2. The smallest absolute Gasteiger partial charge is 0.413 e. The van der Waals surface area contributed by atoms with E-state index in [1.165, 1.54) is 82.8 Å². The minimum atomic E-state index is -0.632. The summed E-state index contributed by atoms with van der Waals surface area (Å²) in [6, 6.07) is 0. The quantitative estimate of drug-likeness (QED) is 0.0698. The Kier molecular flexibility index (Phi) is 33.2. The molecule has 0 aliphatic rings. The number of hydrogen-bond acceptors (Lipinski definition) is 6. The van der Waals surface area contributed by atoms with Gasteiger partial charge >= 0.3 is 12.2 Å². The van der Waals surface area contributed by atoms with E-state index < -0.39 is 23.3 Å². The van der Waals surface area contributed by atoms with Gasteiger partial charge in [-0.3, -0.25) is 0 Å². The Bertz CT molecular complexity index is 2300. The fourth-order valence-electron chi connectivity index (χ4n) is 8.44. The molecule has 0 bridgehead atoms. The molecule has 0 saturated carbocycles. The molecule has 0 aromatic heterocycles. The molecule has 76 heavy (non-hydrogen) atoms. The van der Waals surface area contributed by atoms with Gasteiger partial charge in [-0.15, -0.1) is 0 Å². The van der Waals surface area contributed by atoms with E-state index in [0.29, 0.717) is 17.5 Å². The molecular formula is C68H108N2O6. The molecule has 0 aliphatic carbocycles. The van der Waals surface area contributed by atoms with Crippen LogP contribution in [0.1, 0.15) is 238 Å². The van der Waals surface area contributed by atoms with Crippen LogP contribution in [0.5, 0.6) is 23.0 Å². The second kappa shape index (κ2) is 36.7. The van der Waals surface area contributed by atoms with Gasteiger partial charge in [0.15, 0.2) is 11.5 Å². The zero-order valence-electron chi connectivity index (χ0n) is 52.0. The monoisotopic (exact) mass is 1050 g/mol. The first-order valence-corrected chi connectivity index (χ1v) is 28.5. The molecule has 1 aromatic rings. The van der Waals surface area contributed by atoms with Crippen molar-refractivity contribution in [1.82, 2.24) is 10.6 Å². The first-order valence-electron chi connectivity index (χ1n) is 28.5. The SMILES string of the molecule is COc1c(OC(=O)NC(C)(C)C)c(C)c(C/C=C(\C)CC/C=C(\C)CC/C=C(\C)CC/C=C(\C)C/C=C(\C)CC/C=C(\C)CC/C=C(\C)CC/C=C(\C)CC/C=C(/C)CCC=C(C)C)c(OC(=O)NC(C)(C)C)c1OC. The van der Waals surface area contributed by atoms with Crippen molar-refractivity contribution < 1.29 is 28.5 Å². The van der Waals surface area contributed by atoms with Gasteiger partial charge in [0, 0.05) is 22.2 Å². The van der Waals surface area contributed by atoms with Gasteiger partial charge in [-0.05, 0) is 240 Å². The average Bonchev–Trinajstić information content (AvgIpc) is 3.30. The maximum Gasteiger partial charge on any atom is 0.413 e. The van der Waals surface area contributed by atoms with Crippen LogP contribution in [0.15, 0.2) is 116 Å². The standard InChI is InChI=1S/C68H108N2O6/c1-49(2)29-21-30-50(3)31-22-32-51(4)33-23-34-52(5)35-24-36-53(6)39-26-42-56(9)45-46-57(10)43-27-40-54(7)37-25-38-55(8)41-28-44-58(11)47-48-60-59(12)61(75-65(71)69-67(13,14)15)63(73-19)64(74-20)62(60)76-66(72)70-68(16,17)18/h29,31,33,35,37,39,41,43,45,47H,21-28,30,32,34,36,38,40,42,44,46,48H2,1-20H3,(H,69,71)(H,70,72)/b50-31-,51-33+,52-35+,53-39+,54-37+,55-41+,56-45+,57-43+,58-47+. The third-order valence-electron chi connectivity index (χ3n) is 13.2. The number of carbonyl (C=O) groups excluding carboxylic acids is 2. The van der Waals surface area contributed by atoms with Crippen molar-refractivity contribution in [2.24, 2.45) is 0 Å². The van der Waals surface area contributed by atoms with Crippen LogP contribution < -0.4 is 29.6 Å². The van der Waals surface area contributed by atoms with Gasteiger partial charge in [0.1, 0.15) is 0 Å². The Morgan fingerprint density at radius 2 is 0.658 bits per heavy atom. The summed E-state index contributed by atoms with van der Waals surface area (Å²) in [6.07, 6.45) is 41.5. The number of amides is 2. The Morgan fingerprint density at radius 1 is 0.382 bits per heavy atom. The molecule has 0 atom stereocenters. The van der Waals surface area contributed by atoms with Gasteiger partial charge in [0.25, 0.3) is 0 Å². The molecular weight excluding hydrogens is 941 g/mol. The maximum atomic E-state index is 13.1. The number of nitrogens with one attached hydrogen (secondary N) is 2. The van der Waals surface area contributed by atoms with Crippen LogP contribution in [-0.4, -0.2) is 37.5 Å². The predicted octanol–water partition coefficient (Wildman–Crippen LogP) is 20.4. The number of carbonyl (C=O) groups is 2. The summed E-state index contributed by atoms with van der Waals surface area (Å²) >= 11 is 0. The molecule has 0 fully saturated rings.